The summed E-state index contributed by atoms with van der Waals surface area (Å²) in [6, 6.07) is 10.5. The second-order valence-corrected chi connectivity index (χ2v) is 9.17. The van der Waals surface area contributed by atoms with E-state index in [0.717, 1.165) is 54.0 Å². The first-order valence-corrected chi connectivity index (χ1v) is 12.2. The number of para-hydroxylation sites is 1. The highest BCUT2D eigenvalue weighted by Gasteiger charge is 2.26. The number of halogens is 2. The van der Waals surface area contributed by atoms with Crippen LogP contribution in [-0.4, -0.2) is 49.6 Å². The van der Waals surface area contributed by atoms with E-state index in [4.69, 9.17) is 4.74 Å². The Kier molecular flexibility index (Phi) is 6.98. The minimum atomic E-state index is -2.90. The van der Waals surface area contributed by atoms with Crippen molar-refractivity contribution in [2.75, 3.05) is 11.4 Å². The molecule has 0 unspecified atom stereocenters. The Morgan fingerprint density at radius 1 is 1.14 bits per heavy atom. The first-order valence-electron chi connectivity index (χ1n) is 12.2. The number of ether oxygens (including phenoxy) is 1. The molecule has 0 spiro atoms. The number of pyridine rings is 1. The number of carbonyl (C=O) groups is 1. The number of imidazole rings is 1. The first-order chi connectivity index (χ1) is 17.9. The maximum absolute atomic E-state index is 12.9. The number of hydrogen-bond acceptors (Lipinski definition) is 6. The van der Waals surface area contributed by atoms with Crippen molar-refractivity contribution in [1.29, 1.82) is 0 Å². The zero-order valence-electron chi connectivity index (χ0n) is 20.3. The van der Waals surface area contributed by atoms with Crippen LogP contribution in [0, 0.1) is 6.92 Å². The first kappa shape index (κ1) is 24.6. The summed E-state index contributed by atoms with van der Waals surface area (Å²) in [4.78, 5) is 27.0. The van der Waals surface area contributed by atoms with Crippen molar-refractivity contribution in [3.05, 3.63) is 71.9 Å². The van der Waals surface area contributed by atoms with Crippen LogP contribution in [0.15, 0.2) is 55.0 Å². The molecule has 0 saturated carbocycles. The summed E-state index contributed by atoms with van der Waals surface area (Å²) in [5.41, 5.74) is 4.72. The van der Waals surface area contributed by atoms with Gasteiger partial charge < -0.3 is 19.1 Å². The molecule has 10 heteroatoms. The lowest BCUT2D eigenvalue weighted by Crippen LogP contribution is -2.41. The molecule has 5 rings (SSSR count). The van der Waals surface area contributed by atoms with Crippen molar-refractivity contribution in [3.63, 3.8) is 0 Å². The molecule has 1 saturated heterocycles. The molecule has 0 aliphatic carbocycles. The zero-order valence-corrected chi connectivity index (χ0v) is 20.3. The molecule has 8 nitrogen and oxygen atoms in total. The van der Waals surface area contributed by atoms with Crippen molar-refractivity contribution in [2.24, 2.45) is 0 Å². The van der Waals surface area contributed by atoms with E-state index in [9.17, 15) is 18.7 Å². The van der Waals surface area contributed by atoms with E-state index >= 15 is 0 Å². The number of rotatable bonds is 8. The van der Waals surface area contributed by atoms with Gasteiger partial charge in [-0.3, -0.25) is 4.79 Å². The maximum Gasteiger partial charge on any atom is 0.387 e. The van der Waals surface area contributed by atoms with E-state index in [1.165, 1.54) is 6.07 Å². The van der Waals surface area contributed by atoms with Crippen molar-refractivity contribution in [2.45, 2.75) is 51.7 Å². The predicted octanol–water partition coefficient (Wildman–Crippen LogP) is 5.13. The molecule has 192 valence electrons. The molecule has 4 aromatic rings. The van der Waals surface area contributed by atoms with Gasteiger partial charge in [0.1, 0.15) is 11.4 Å². The number of aliphatic carboxylic acids is 1. The summed E-state index contributed by atoms with van der Waals surface area (Å²) in [6.07, 6.45) is 8.64. The van der Waals surface area contributed by atoms with Crippen molar-refractivity contribution < 1.29 is 23.4 Å². The Labute approximate surface area is 212 Å². The molecule has 1 atom stereocenters. The minimum Gasteiger partial charge on any atom is -0.481 e. The molecular weight excluding hydrogens is 480 g/mol. The molecule has 0 amide bonds. The topological polar surface area (TPSA) is 92.9 Å². The number of carboxylic acid groups (broad SMARTS) is 1. The molecule has 0 bridgehead atoms. The quantitative estimate of drug-likeness (QED) is 0.354. The largest absolute Gasteiger partial charge is 0.481 e. The Hall–Kier alpha value is -4.08. The lowest BCUT2D eigenvalue weighted by Gasteiger charge is -2.34. The number of aryl methyl sites for hydroxylation is 1. The van der Waals surface area contributed by atoms with Gasteiger partial charge in [0.2, 0.25) is 5.95 Å². The van der Waals surface area contributed by atoms with Gasteiger partial charge in [-0.25, -0.2) is 15.0 Å². The predicted molar refractivity (Wildman–Crippen MR) is 134 cm³/mol. The second kappa shape index (κ2) is 10.5. The number of fused-ring (bicyclic) bond motifs is 1. The summed E-state index contributed by atoms with van der Waals surface area (Å²) in [7, 11) is 0. The van der Waals surface area contributed by atoms with Gasteiger partial charge in [0, 0.05) is 60.0 Å². The van der Waals surface area contributed by atoms with Gasteiger partial charge in [-0.2, -0.15) is 8.78 Å². The number of aromatic nitrogens is 4. The number of piperidine rings is 1. The molecule has 1 fully saturated rings. The molecule has 1 aromatic carbocycles. The van der Waals surface area contributed by atoms with Gasteiger partial charge in [0.15, 0.2) is 0 Å². The number of carboxylic acids is 1. The van der Waals surface area contributed by atoms with Crippen molar-refractivity contribution >= 4 is 17.6 Å². The highest BCUT2D eigenvalue weighted by Crippen LogP contribution is 2.28. The minimum absolute atomic E-state index is 0.0655. The van der Waals surface area contributed by atoms with Crippen LogP contribution in [0.2, 0.25) is 0 Å². The Morgan fingerprint density at radius 2 is 1.92 bits per heavy atom. The van der Waals surface area contributed by atoms with E-state index in [2.05, 4.69) is 15.0 Å². The van der Waals surface area contributed by atoms with E-state index in [1.807, 2.05) is 34.6 Å². The van der Waals surface area contributed by atoms with Crippen LogP contribution in [0.4, 0.5) is 14.7 Å². The normalized spacial score (nSPS) is 15.9. The van der Waals surface area contributed by atoms with Gasteiger partial charge in [-0.05, 0) is 44.4 Å². The van der Waals surface area contributed by atoms with Gasteiger partial charge in [-0.15, -0.1) is 0 Å². The number of anilines is 1. The third-order valence-electron chi connectivity index (χ3n) is 6.73. The van der Waals surface area contributed by atoms with E-state index in [-0.39, 0.29) is 18.2 Å². The molecule has 37 heavy (non-hydrogen) atoms. The lowest BCUT2D eigenvalue weighted by molar-refractivity contribution is -0.137. The monoisotopic (exact) mass is 507 g/mol. The lowest BCUT2D eigenvalue weighted by atomic mass is 10.00. The third-order valence-corrected chi connectivity index (χ3v) is 6.73. The van der Waals surface area contributed by atoms with Crippen molar-refractivity contribution in [1.82, 2.24) is 19.4 Å². The Morgan fingerprint density at radius 3 is 2.68 bits per heavy atom. The highest BCUT2D eigenvalue weighted by molar-refractivity contribution is 5.68. The fraction of sp³-hybridized carbons (Fsp3) is 0.333. The van der Waals surface area contributed by atoms with Crippen LogP contribution in [0.3, 0.4) is 0 Å². The van der Waals surface area contributed by atoms with Gasteiger partial charge in [0.25, 0.3) is 0 Å². The maximum atomic E-state index is 12.9. The summed E-state index contributed by atoms with van der Waals surface area (Å²) in [6.45, 7) is -0.274. The van der Waals surface area contributed by atoms with E-state index in [1.54, 1.807) is 30.6 Å². The summed E-state index contributed by atoms with van der Waals surface area (Å²) >= 11 is 0. The number of hydrogen-bond donors (Lipinski definition) is 1. The SMILES string of the molecule is Cc1nc2ccc(-c3cnc(N4CCCC[C@H]4CC(=O)O)nc3)cn2c1Cc1ccccc1OC(F)F. The Bertz CT molecular complexity index is 1410. The fourth-order valence-electron chi connectivity index (χ4n) is 4.93. The van der Waals surface area contributed by atoms with Crippen LogP contribution in [0.25, 0.3) is 16.8 Å². The van der Waals surface area contributed by atoms with Crippen LogP contribution < -0.4 is 9.64 Å². The summed E-state index contributed by atoms with van der Waals surface area (Å²) < 4.78 is 32.5. The van der Waals surface area contributed by atoms with Gasteiger partial charge in [-0.1, -0.05) is 18.2 Å². The number of benzene rings is 1. The molecule has 4 heterocycles. The third kappa shape index (κ3) is 5.37. The number of alkyl halides is 2. The van der Waals surface area contributed by atoms with E-state index in [0.29, 0.717) is 17.9 Å². The fourth-order valence-corrected chi connectivity index (χ4v) is 4.93. The molecule has 1 N–H and O–H groups in total. The van der Waals surface area contributed by atoms with Crippen LogP contribution in [0.5, 0.6) is 5.75 Å². The smallest absolute Gasteiger partial charge is 0.387 e. The Balaban J connectivity index is 1.43. The van der Waals surface area contributed by atoms with Gasteiger partial charge in [0.05, 0.1) is 12.1 Å². The summed E-state index contributed by atoms with van der Waals surface area (Å²) in [5.74, 6) is -0.145. The average Bonchev–Trinajstić information content (AvgIpc) is 3.19. The van der Waals surface area contributed by atoms with Gasteiger partial charge >= 0.3 is 12.6 Å². The standard InChI is InChI=1S/C27H27F2N5O3/c1-17-22(12-18-6-2-3-8-23(18)37-26(28)29)34-16-19(9-10-24(34)32-17)20-14-30-27(31-15-20)33-11-5-4-7-21(33)13-25(35)36/h2-3,6,8-10,14-16,21,26H,4-5,7,11-13H2,1H3,(H,35,36)/t21-/m0/s1. The van der Waals surface area contributed by atoms with Crippen LogP contribution in [-0.2, 0) is 11.2 Å². The summed E-state index contributed by atoms with van der Waals surface area (Å²) in [5, 5.41) is 9.27. The zero-order chi connectivity index (χ0) is 25.9. The van der Waals surface area contributed by atoms with Crippen LogP contribution in [0.1, 0.15) is 42.6 Å². The van der Waals surface area contributed by atoms with Crippen molar-refractivity contribution in [3.8, 4) is 16.9 Å². The molecular formula is C27H27F2N5O3. The average molecular weight is 508 g/mol. The highest BCUT2D eigenvalue weighted by atomic mass is 19.3. The molecule has 1 aliphatic rings. The molecule has 1 aliphatic heterocycles. The second-order valence-electron chi connectivity index (χ2n) is 9.17. The van der Waals surface area contributed by atoms with Crippen LogP contribution >= 0.6 is 0 Å². The van der Waals surface area contributed by atoms with E-state index < -0.39 is 12.6 Å². The number of nitrogens with zero attached hydrogens (tertiary/aromatic N) is 5. The molecule has 3 aromatic heterocycles. The molecule has 0 radical (unpaired) electrons.